The van der Waals surface area contributed by atoms with E-state index < -0.39 is 17.9 Å². The Morgan fingerprint density at radius 1 is 1.47 bits per heavy atom. The fraction of sp³-hybridized carbons (Fsp3) is 0.833. The number of carbonyl (C=O) groups excluding carboxylic acids is 1. The minimum atomic E-state index is -0.820. The average molecular weight is 242 g/mol. The van der Waals surface area contributed by atoms with Crippen molar-refractivity contribution in [1.82, 2.24) is 4.90 Å². The third kappa shape index (κ3) is 4.00. The summed E-state index contributed by atoms with van der Waals surface area (Å²) >= 11 is 0. The first kappa shape index (κ1) is 14.0. The maximum absolute atomic E-state index is 12.0. The number of carboxylic acids is 1. The lowest BCUT2D eigenvalue weighted by atomic mass is 9.96. The van der Waals surface area contributed by atoms with Crippen molar-refractivity contribution >= 4 is 11.9 Å². The Balaban J connectivity index is 2.54. The zero-order chi connectivity index (χ0) is 13.0. The molecule has 0 saturated carbocycles. The van der Waals surface area contributed by atoms with Gasteiger partial charge in [0.1, 0.15) is 0 Å². The molecule has 5 nitrogen and oxygen atoms in total. The largest absolute Gasteiger partial charge is 0.481 e. The number of hydrogen-bond acceptors (Lipinski definition) is 3. The lowest BCUT2D eigenvalue weighted by Gasteiger charge is -2.32. The molecule has 0 aromatic carbocycles. The van der Waals surface area contributed by atoms with E-state index in [2.05, 4.69) is 0 Å². The number of aliphatic carboxylic acids is 1. The van der Waals surface area contributed by atoms with Crippen molar-refractivity contribution in [1.29, 1.82) is 0 Å². The molecule has 1 rings (SSSR count). The minimum absolute atomic E-state index is 0.107. The van der Waals surface area contributed by atoms with E-state index in [9.17, 15) is 9.59 Å². The second kappa shape index (κ2) is 6.00. The van der Waals surface area contributed by atoms with Crippen LogP contribution in [0, 0.1) is 11.8 Å². The van der Waals surface area contributed by atoms with Gasteiger partial charge in [-0.15, -0.1) is 0 Å². The van der Waals surface area contributed by atoms with Crippen LogP contribution in [-0.2, 0) is 9.59 Å². The second-order valence-corrected chi connectivity index (χ2v) is 5.20. The molecule has 0 bridgehead atoms. The first-order valence-corrected chi connectivity index (χ1v) is 6.19. The molecule has 17 heavy (non-hydrogen) atoms. The zero-order valence-corrected chi connectivity index (χ0v) is 10.6. The molecule has 0 aromatic rings. The van der Waals surface area contributed by atoms with Crippen molar-refractivity contribution in [3.8, 4) is 0 Å². The summed E-state index contributed by atoms with van der Waals surface area (Å²) in [5.74, 6) is -0.988. The quantitative estimate of drug-likeness (QED) is 0.759. The van der Waals surface area contributed by atoms with E-state index >= 15 is 0 Å². The molecule has 0 aromatic heterocycles. The summed E-state index contributed by atoms with van der Waals surface area (Å²) in [6, 6.07) is -0.498. The summed E-state index contributed by atoms with van der Waals surface area (Å²) in [4.78, 5) is 24.5. The summed E-state index contributed by atoms with van der Waals surface area (Å²) in [6.07, 6.45) is 2.04. The van der Waals surface area contributed by atoms with Crippen molar-refractivity contribution < 1.29 is 14.7 Å². The van der Waals surface area contributed by atoms with Crippen molar-refractivity contribution in [2.45, 2.75) is 39.2 Å². The van der Waals surface area contributed by atoms with Gasteiger partial charge < -0.3 is 15.7 Å². The van der Waals surface area contributed by atoms with Gasteiger partial charge >= 0.3 is 5.97 Å². The fourth-order valence-electron chi connectivity index (χ4n) is 2.22. The highest BCUT2D eigenvalue weighted by Crippen LogP contribution is 2.18. The zero-order valence-electron chi connectivity index (χ0n) is 10.6. The van der Waals surface area contributed by atoms with Gasteiger partial charge in [0.05, 0.1) is 12.0 Å². The molecule has 0 spiro atoms. The van der Waals surface area contributed by atoms with Crippen LogP contribution in [0.3, 0.4) is 0 Å². The van der Waals surface area contributed by atoms with Crippen LogP contribution >= 0.6 is 0 Å². The Kier molecular flexibility index (Phi) is 4.93. The van der Waals surface area contributed by atoms with Gasteiger partial charge in [0.2, 0.25) is 5.91 Å². The molecule has 0 aliphatic carbocycles. The topological polar surface area (TPSA) is 83.6 Å². The Morgan fingerprint density at radius 2 is 2.12 bits per heavy atom. The first-order valence-electron chi connectivity index (χ1n) is 6.19. The monoisotopic (exact) mass is 242 g/mol. The molecule has 5 heteroatoms. The summed E-state index contributed by atoms with van der Waals surface area (Å²) in [7, 11) is 0. The molecular formula is C12H22N2O3. The highest BCUT2D eigenvalue weighted by Gasteiger charge is 2.30. The molecule has 3 N–H and O–H groups in total. The highest BCUT2D eigenvalue weighted by atomic mass is 16.4. The molecule has 1 unspecified atom stereocenters. The van der Waals surface area contributed by atoms with Gasteiger partial charge in [-0.3, -0.25) is 9.59 Å². The van der Waals surface area contributed by atoms with Crippen molar-refractivity contribution in [2.24, 2.45) is 17.6 Å². The van der Waals surface area contributed by atoms with E-state index in [0.29, 0.717) is 31.8 Å². The van der Waals surface area contributed by atoms with Gasteiger partial charge in [-0.25, -0.2) is 0 Å². The number of likely N-dealkylation sites (tertiary alicyclic amines) is 1. The van der Waals surface area contributed by atoms with Gasteiger partial charge in [-0.1, -0.05) is 13.8 Å². The maximum atomic E-state index is 12.0. The summed E-state index contributed by atoms with van der Waals surface area (Å²) in [5.41, 5.74) is 5.83. The average Bonchev–Trinajstić information content (AvgIpc) is 2.27. The number of nitrogens with zero attached hydrogens (tertiary/aromatic N) is 1. The maximum Gasteiger partial charge on any atom is 0.308 e. The van der Waals surface area contributed by atoms with Crippen molar-refractivity contribution in [3.63, 3.8) is 0 Å². The number of nitrogens with two attached hydrogens (primary N) is 1. The molecule has 2 atom stereocenters. The first-order chi connectivity index (χ1) is 7.91. The second-order valence-electron chi connectivity index (χ2n) is 5.20. The smallest absolute Gasteiger partial charge is 0.308 e. The van der Waals surface area contributed by atoms with E-state index in [1.54, 1.807) is 4.90 Å². The number of hydrogen-bond donors (Lipinski definition) is 2. The Morgan fingerprint density at radius 3 is 2.65 bits per heavy atom. The van der Waals surface area contributed by atoms with E-state index in [1.807, 2.05) is 13.8 Å². The van der Waals surface area contributed by atoms with Crippen LogP contribution in [0.4, 0.5) is 0 Å². The molecule has 0 radical (unpaired) electrons. The Bertz CT molecular complexity index is 291. The lowest BCUT2D eigenvalue weighted by molar-refractivity contribution is -0.146. The number of carboxylic acid groups (broad SMARTS) is 1. The molecule has 98 valence electrons. The number of amides is 1. The van der Waals surface area contributed by atoms with Crippen molar-refractivity contribution in [3.05, 3.63) is 0 Å². The van der Waals surface area contributed by atoms with Gasteiger partial charge in [0, 0.05) is 13.1 Å². The predicted octanol–water partition coefficient (Wildman–Crippen LogP) is 0.683. The molecule has 1 fully saturated rings. The molecule has 1 aliphatic heterocycles. The summed E-state index contributed by atoms with van der Waals surface area (Å²) in [5, 5.41) is 8.95. The number of rotatable bonds is 4. The standard InChI is InChI=1S/C12H22N2O3/c1-8(2)6-10(13)11(15)14-5-3-4-9(7-14)12(16)17/h8-10H,3-7,13H2,1-2H3,(H,16,17)/t9-,10?/m0/s1. The molecule has 1 heterocycles. The third-order valence-electron chi connectivity index (χ3n) is 3.12. The lowest BCUT2D eigenvalue weighted by Crippen LogP contribution is -2.49. The Labute approximate surface area is 102 Å². The van der Waals surface area contributed by atoms with Gasteiger partial charge in [0.15, 0.2) is 0 Å². The number of carbonyl (C=O) groups is 2. The van der Waals surface area contributed by atoms with E-state index in [1.165, 1.54) is 0 Å². The van der Waals surface area contributed by atoms with Crippen LogP contribution in [0.25, 0.3) is 0 Å². The fourth-order valence-corrected chi connectivity index (χ4v) is 2.22. The van der Waals surface area contributed by atoms with E-state index in [-0.39, 0.29) is 5.91 Å². The van der Waals surface area contributed by atoms with Crippen LogP contribution in [-0.4, -0.2) is 41.0 Å². The van der Waals surface area contributed by atoms with Crippen LogP contribution in [0.5, 0.6) is 0 Å². The minimum Gasteiger partial charge on any atom is -0.481 e. The SMILES string of the molecule is CC(C)CC(N)C(=O)N1CCC[C@H](C(=O)O)C1. The Hall–Kier alpha value is -1.10. The normalized spacial score (nSPS) is 22.6. The van der Waals surface area contributed by atoms with Crippen LogP contribution < -0.4 is 5.73 Å². The van der Waals surface area contributed by atoms with E-state index in [4.69, 9.17) is 10.8 Å². The summed E-state index contributed by atoms with van der Waals surface area (Å²) < 4.78 is 0. The molecular weight excluding hydrogens is 220 g/mol. The molecule has 1 saturated heterocycles. The highest BCUT2D eigenvalue weighted by molar-refractivity contribution is 5.82. The number of piperidine rings is 1. The van der Waals surface area contributed by atoms with Crippen LogP contribution in [0.1, 0.15) is 33.1 Å². The predicted molar refractivity (Wildman–Crippen MR) is 64.4 cm³/mol. The molecule has 1 aliphatic rings. The summed E-state index contributed by atoms with van der Waals surface area (Å²) in [6.45, 7) is 4.97. The third-order valence-corrected chi connectivity index (χ3v) is 3.12. The van der Waals surface area contributed by atoms with Gasteiger partial charge in [-0.2, -0.15) is 0 Å². The van der Waals surface area contributed by atoms with E-state index in [0.717, 1.165) is 6.42 Å². The van der Waals surface area contributed by atoms with Crippen LogP contribution in [0.2, 0.25) is 0 Å². The van der Waals surface area contributed by atoms with Crippen LogP contribution in [0.15, 0.2) is 0 Å². The molecule has 1 amide bonds. The van der Waals surface area contributed by atoms with Crippen molar-refractivity contribution in [2.75, 3.05) is 13.1 Å². The van der Waals surface area contributed by atoms with Gasteiger partial charge in [-0.05, 0) is 25.2 Å². The van der Waals surface area contributed by atoms with Gasteiger partial charge in [0.25, 0.3) is 0 Å².